The molecule has 1 N–H and O–H groups in total. The van der Waals surface area contributed by atoms with Gasteiger partial charge in [-0.15, -0.1) is 0 Å². The summed E-state index contributed by atoms with van der Waals surface area (Å²) in [5, 5.41) is 12.1. The molecule has 0 aliphatic rings. The van der Waals surface area contributed by atoms with Gasteiger partial charge in [0.15, 0.2) is 5.56 Å². The SMILES string of the molecule is COc1ccc(OCCNc2c(C#N)c(=O)n(C)c(=O)n2C)cc1. The molecule has 1 aromatic heterocycles. The van der Waals surface area contributed by atoms with Crippen LogP contribution in [-0.2, 0) is 14.1 Å². The van der Waals surface area contributed by atoms with Crippen molar-refractivity contribution in [2.24, 2.45) is 14.1 Å². The summed E-state index contributed by atoms with van der Waals surface area (Å²) in [7, 11) is 4.42. The zero-order chi connectivity index (χ0) is 17.7. The van der Waals surface area contributed by atoms with Crippen LogP contribution in [0.4, 0.5) is 5.82 Å². The van der Waals surface area contributed by atoms with E-state index in [-0.39, 0.29) is 11.4 Å². The maximum absolute atomic E-state index is 12.0. The summed E-state index contributed by atoms with van der Waals surface area (Å²) in [4.78, 5) is 23.9. The maximum atomic E-state index is 12.0. The first kappa shape index (κ1) is 17.1. The minimum atomic E-state index is -0.626. The molecule has 0 bridgehead atoms. The molecular formula is C16H18N4O4. The number of nitrogens with one attached hydrogen (secondary N) is 1. The molecule has 1 heterocycles. The first-order valence-corrected chi connectivity index (χ1v) is 7.20. The Hall–Kier alpha value is -3.21. The predicted molar refractivity (Wildman–Crippen MR) is 88.6 cm³/mol. The first-order valence-electron chi connectivity index (χ1n) is 7.20. The van der Waals surface area contributed by atoms with Crippen molar-refractivity contribution in [2.45, 2.75) is 0 Å². The van der Waals surface area contributed by atoms with Gasteiger partial charge >= 0.3 is 5.69 Å². The Labute approximate surface area is 138 Å². The third-order valence-corrected chi connectivity index (χ3v) is 3.50. The van der Waals surface area contributed by atoms with Crippen LogP contribution >= 0.6 is 0 Å². The summed E-state index contributed by atoms with van der Waals surface area (Å²) in [6.45, 7) is 0.613. The van der Waals surface area contributed by atoms with Crippen molar-refractivity contribution in [2.75, 3.05) is 25.6 Å². The Bertz CT molecular complexity index is 875. The molecule has 8 heteroatoms. The van der Waals surface area contributed by atoms with Gasteiger partial charge in [-0.1, -0.05) is 0 Å². The van der Waals surface area contributed by atoms with Gasteiger partial charge in [-0.2, -0.15) is 5.26 Å². The molecule has 0 fully saturated rings. The summed E-state index contributed by atoms with van der Waals surface area (Å²) >= 11 is 0. The second-order valence-corrected chi connectivity index (χ2v) is 4.99. The summed E-state index contributed by atoms with van der Waals surface area (Å²) in [6.07, 6.45) is 0. The number of nitriles is 1. The fourth-order valence-electron chi connectivity index (χ4n) is 2.16. The molecule has 0 saturated heterocycles. The van der Waals surface area contributed by atoms with E-state index >= 15 is 0 Å². The van der Waals surface area contributed by atoms with E-state index in [9.17, 15) is 9.59 Å². The van der Waals surface area contributed by atoms with Crippen LogP contribution in [0.1, 0.15) is 5.56 Å². The van der Waals surface area contributed by atoms with Crippen molar-refractivity contribution in [3.8, 4) is 17.6 Å². The maximum Gasteiger partial charge on any atom is 0.332 e. The van der Waals surface area contributed by atoms with Crippen molar-refractivity contribution in [1.29, 1.82) is 5.26 Å². The van der Waals surface area contributed by atoms with Crippen LogP contribution in [0.15, 0.2) is 33.9 Å². The molecule has 24 heavy (non-hydrogen) atoms. The number of rotatable bonds is 6. The van der Waals surface area contributed by atoms with E-state index < -0.39 is 11.2 Å². The summed E-state index contributed by atoms with van der Waals surface area (Å²) in [5.74, 6) is 1.58. The normalized spacial score (nSPS) is 10.1. The van der Waals surface area contributed by atoms with Gasteiger partial charge < -0.3 is 14.8 Å². The van der Waals surface area contributed by atoms with Gasteiger partial charge in [-0.05, 0) is 24.3 Å². The largest absolute Gasteiger partial charge is 0.497 e. The summed E-state index contributed by atoms with van der Waals surface area (Å²) in [5.41, 5.74) is -1.24. The van der Waals surface area contributed by atoms with Crippen molar-refractivity contribution >= 4 is 5.82 Å². The predicted octanol–water partition coefficient (Wildman–Crippen LogP) is 0.455. The van der Waals surface area contributed by atoms with Crippen molar-refractivity contribution < 1.29 is 9.47 Å². The second-order valence-electron chi connectivity index (χ2n) is 4.99. The van der Waals surface area contributed by atoms with E-state index in [0.717, 1.165) is 10.3 Å². The summed E-state index contributed by atoms with van der Waals surface area (Å²) < 4.78 is 12.7. The standard InChI is InChI=1S/C16H18N4O4/c1-19-14(13(10-17)15(21)20(2)16(19)22)18-8-9-24-12-6-4-11(23-3)5-7-12/h4-7,18H,8-9H2,1-3H3. The third-order valence-electron chi connectivity index (χ3n) is 3.50. The summed E-state index contributed by atoms with van der Waals surface area (Å²) in [6, 6.07) is 8.93. The van der Waals surface area contributed by atoms with Gasteiger partial charge in [0.1, 0.15) is 30.0 Å². The second kappa shape index (κ2) is 7.37. The lowest BCUT2D eigenvalue weighted by Crippen LogP contribution is -2.40. The van der Waals surface area contributed by atoms with Crippen LogP contribution in [0, 0.1) is 11.3 Å². The molecule has 8 nitrogen and oxygen atoms in total. The molecule has 0 amide bonds. The van der Waals surface area contributed by atoms with E-state index in [1.807, 2.05) is 6.07 Å². The zero-order valence-corrected chi connectivity index (χ0v) is 13.7. The van der Waals surface area contributed by atoms with Crippen LogP contribution in [0.3, 0.4) is 0 Å². The van der Waals surface area contributed by atoms with Crippen LogP contribution in [-0.4, -0.2) is 29.4 Å². The third kappa shape index (κ3) is 3.41. The average Bonchev–Trinajstić information content (AvgIpc) is 2.61. The van der Waals surface area contributed by atoms with Gasteiger partial charge in [0, 0.05) is 14.1 Å². The lowest BCUT2D eigenvalue weighted by atomic mass is 10.3. The molecule has 126 valence electrons. The van der Waals surface area contributed by atoms with Crippen molar-refractivity contribution in [3.63, 3.8) is 0 Å². The molecule has 0 spiro atoms. The Morgan fingerprint density at radius 1 is 1.12 bits per heavy atom. The Kier molecular flexibility index (Phi) is 5.27. The highest BCUT2D eigenvalue weighted by Gasteiger charge is 2.14. The van der Waals surface area contributed by atoms with E-state index in [2.05, 4.69) is 5.32 Å². The molecule has 2 rings (SSSR count). The number of nitrogens with zero attached hydrogens (tertiary/aromatic N) is 3. The van der Waals surface area contributed by atoms with Gasteiger partial charge in [-0.25, -0.2) is 4.79 Å². The van der Waals surface area contributed by atoms with E-state index in [1.54, 1.807) is 31.4 Å². The molecule has 0 atom stereocenters. The lowest BCUT2D eigenvalue weighted by molar-refractivity contribution is 0.331. The molecular weight excluding hydrogens is 312 g/mol. The first-order chi connectivity index (χ1) is 11.5. The molecule has 1 aromatic carbocycles. The topological polar surface area (TPSA) is 98.3 Å². The van der Waals surface area contributed by atoms with E-state index in [1.165, 1.54) is 18.7 Å². The van der Waals surface area contributed by atoms with Crippen LogP contribution in [0.25, 0.3) is 0 Å². The molecule has 0 saturated carbocycles. The molecule has 0 unspecified atom stereocenters. The monoisotopic (exact) mass is 330 g/mol. The van der Waals surface area contributed by atoms with Crippen molar-refractivity contribution in [3.05, 3.63) is 50.7 Å². The fourth-order valence-corrected chi connectivity index (χ4v) is 2.16. The molecule has 0 aliphatic heterocycles. The van der Waals surface area contributed by atoms with Crippen LogP contribution < -0.4 is 26.0 Å². The quantitative estimate of drug-likeness (QED) is 0.773. The number of hydrogen-bond donors (Lipinski definition) is 1. The van der Waals surface area contributed by atoms with Gasteiger partial charge in [-0.3, -0.25) is 13.9 Å². The van der Waals surface area contributed by atoms with Crippen molar-refractivity contribution in [1.82, 2.24) is 9.13 Å². The van der Waals surface area contributed by atoms with Gasteiger partial charge in [0.2, 0.25) is 0 Å². The number of aromatic nitrogens is 2. The fraction of sp³-hybridized carbons (Fsp3) is 0.312. The van der Waals surface area contributed by atoms with Crippen LogP contribution in [0.5, 0.6) is 11.5 Å². The molecule has 0 radical (unpaired) electrons. The minimum Gasteiger partial charge on any atom is -0.497 e. The van der Waals surface area contributed by atoms with Crippen LogP contribution in [0.2, 0.25) is 0 Å². The van der Waals surface area contributed by atoms with E-state index in [0.29, 0.717) is 18.9 Å². The van der Waals surface area contributed by atoms with Gasteiger partial charge in [0.05, 0.1) is 13.7 Å². The number of benzene rings is 1. The average molecular weight is 330 g/mol. The smallest absolute Gasteiger partial charge is 0.332 e. The Morgan fingerprint density at radius 2 is 1.75 bits per heavy atom. The Balaban J connectivity index is 2.06. The highest BCUT2D eigenvalue weighted by atomic mass is 16.5. The minimum absolute atomic E-state index is 0.107. The van der Waals surface area contributed by atoms with E-state index in [4.69, 9.17) is 14.7 Å². The highest BCUT2D eigenvalue weighted by Crippen LogP contribution is 2.16. The number of methoxy groups -OCH3 is 1. The zero-order valence-electron chi connectivity index (χ0n) is 13.7. The number of anilines is 1. The number of hydrogen-bond acceptors (Lipinski definition) is 6. The number of ether oxygens (including phenoxy) is 2. The highest BCUT2D eigenvalue weighted by molar-refractivity contribution is 5.51. The molecule has 2 aromatic rings. The Morgan fingerprint density at radius 3 is 2.33 bits per heavy atom. The lowest BCUT2D eigenvalue weighted by Gasteiger charge is -2.14. The van der Waals surface area contributed by atoms with Gasteiger partial charge in [0.25, 0.3) is 5.56 Å². The molecule has 0 aliphatic carbocycles.